The molecule has 0 saturated heterocycles. The van der Waals surface area contributed by atoms with Gasteiger partial charge in [0, 0.05) is 5.56 Å². The summed E-state index contributed by atoms with van der Waals surface area (Å²) >= 11 is 5.86. The summed E-state index contributed by atoms with van der Waals surface area (Å²) < 4.78 is 43.2. The molecule has 1 aromatic carbocycles. The lowest BCUT2D eigenvalue weighted by atomic mass is 10.1. The van der Waals surface area contributed by atoms with Gasteiger partial charge in [0.15, 0.2) is 5.69 Å². The number of nitrogen functional groups attached to an aromatic ring is 1. The Morgan fingerprint density at radius 2 is 2.05 bits per heavy atom. The van der Waals surface area contributed by atoms with Crippen LogP contribution in [0.3, 0.4) is 0 Å². The van der Waals surface area contributed by atoms with Gasteiger partial charge < -0.3 is 10.5 Å². The number of methoxy groups -OCH3 is 1. The van der Waals surface area contributed by atoms with Crippen LogP contribution >= 0.6 is 11.6 Å². The number of anilines is 1. The minimum absolute atomic E-state index is 0.0328. The summed E-state index contributed by atoms with van der Waals surface area (Å²) in [6.07, 6.45) is -2.93. The van der Waals surface area contributed by atoms with Crippen LogP contribution < -0.4 is 5.73 Å². The van der Waals surface area contributed by atoms with E-state index in [-0.39, 0.29) is 27.7 Å². The van der Waals surface area contributed by atoms with Crippen LogP contribution in [0.15, 0.2) is 24.3 Å². The number of nitrogens with zero attached hydrogens (tertiary/aromatic N) is 1. The number of halogens is 4. The predicted octanol–water partition coefficient (Wildman–Crippen LogP) is 3.85. The van der Waals surface area contributed by atoms with Crippen LogP contribution in [0.5, 0.6) is 0 Å². The van der Waals surface area contributed by atoms with Crippen LogP contribution in [0.25, 0.3) is 11.3 Å². The number of hydrogen-bond acceptors (Lipinski definition) is 4. The monoisotopic (exact) mass is 330 g/mol. The van der Waals surface area contributed by atoms with Crippen molar-refractivity contribution in [2.45, 2.75) is 6.43 Å². The molecule has 116 valence electrons. The van der Waals surface area contributed by atoms with Crippen LogP contribution in [0, 0.1) is 5.82 Å². The molecule has 0 aliphatic carbocycles. The summed E-state index contributed by atoms with van der Waals surface area (Å²) in [5.74, 6) is -1.90. The number of carbonyl (C=O) groups is 1. The first-order valence-corrected chi connectivity index (χ1v) is 6.35. The number of pyridine rings is 1. The Morgan fingerprint density at radius 3 is 2.59 bits per heavy atom. The van der Waals surface area contributed by atoms with Gasteiger partial charge in [-0.25, -0.2) is 22.9 Å². The van der Waals surface area contributed by atoms with E-state index < -0.39 is 23.8 Å². The number of rotatable bonds is 3. The second-order valence-electron chi connectivity index (χ2n) is 4.29. The maximum absolute atomic E-state index is 13.6. The Balaban J connectivity index is 2.56. The van der Waals surface area contributed by atoms with Crippen LogP contribution in [-0.4, -0.2) is 18.1 Å². The van der Waals surface area contributed by atoms with E-state index in [9.17, 15) is 18.0 Å². The molecule has 0 bridgehead atoms. The van der Waals surface area contributed by atoms with Crippen molar-refractivity contribution in [1.29, 1.82) is 0 Å². The average Bonchev–Trinajstić information content (AvgIpc) is 2.48. The summed E-state index contributed by atoms with van der Waals surface area (Å²) in [5, 5.41) is -0.0970. The Morgan fingerprint density at radius 1 is 1.36 bits per heavy atom. The van der Waals surface area contributed by atoms with E-state index in [4.69, 9.17) is 17.3 Å². The van der Waals surface area contributed by atoms with Gasteiger partial charge in [-0.3, -0.25) is 0 Å². The summed E-state index contributed by atoms with van der Waals surface area (Å²) in [5.41, 5.74) is 5.03. The van der Waals surface area contributed by atoms with Gasteiger partial charge in [-0.2, -0.15) is 0 Å². The van der Waals surface area contributed by atoms with Crippen molar-refractivity contribution in [3.63, 3.8) is 0 Å². The van der Waals surface area contributed by atoms with Gasteiger partial charge in [0.05, 0.1) is 29.1 Å². The first kappa shape index (κ1) is 16.1. The van der Waals surface area contributed by atoms with Gasteiger partial charge in [0.2, 0.25) is 0 Å². The highest BCUT2D eigenvalue weighted by Gasteiger charge is 2.19. The number of benzene rings is 1. The van der Waals surface area contributed by atoms with E-state index in [1.54, 1.807) is 0 Å². The zero-order chi connectivity index (χ0) is 16.4. The van der Waals surface area contributed by atoms with Gasteiger partial charge in [-0.1, -0.05) is 17.7 Å². The van der Waals surface area contributed by atoms with Gasteiger partial charge in [-0.05, 0) is 18.2 Å². The third-order valence-corrected chi connectivity index (χ3v) is 3.29. The number of esters is 1. The highest BCUT2D eigenvalue weighted by Crippen LogP contribution is 2.30. The molecular weight excluding hydrogens is 321 g/mol. The topological polar surface area (TPSA) is 65.2 Å². The smallest absolute Gasteiger partial charge is 0.358 e. The molecule has 22 heavy (non-hydrogen) atoms. The molecule has 0 radical (unpaired) electrons. The molecule has 1 heterocycles. The molecule has 0 atom stereocenters. The molecular formula is C14H10ClF3N2O2. The molecule has 0 aliphatic rings. The Labute approximate surface area is 128 Å². The second-order valence-corrected chi connectivity index (χ2v) is 4.67. The van der Waals surface area contributed by atoms with Crippen molar-refractivity contribution in [3.8, 4) is 11.3 Å². The lowest BCUT2D eigenvalue weighted by Gasteiger charge is -2.09. The third kappa shape index (κ3) is 2.99. The van der Waals surface area contributed by atoms with Crippen LogP contribution in [-0.2, 0) is 4.74 Å². The second kappa shape index (κ2) is 6.23. The first-order chi connectivity index (χ1) is 10.3. The lowest BCUT2D eigenvalue weighted by Crippen LogP contribution is -2.08. The van der Waals surface area contributed by atoms with E-state index >= 15 is 0 Å². The van der Waals surface area contributed by atoms with Crippen LogP contribution in [0.4, 0.5) is 18.9 Å². The molecule has 1 aromatic heterocycles. The number of carbonyl (C=O) groups excluding carboxylic acids is 1. The van der Waals surface area contributed by atoms with E-state index in [2.05, 4.69) is 9.72 Å². The molecule has 2 rings (SSSR count). The maximum atomic E-state index is 13.6. The maximum Gasteiger partial charge on any atom is 0.358 e. The van der Waals surface area contributed by atoms with E-state index in [1.807, 2.05) is 0 Å². The van der Waals surface area contributed by atoms with Crippen molar-refractivity contribution < 1.29 is 22.7 Å². The zero-order valence-electron chi connectivity index (χ0n) is 11.2. The summed E-state index contributed by atoms with van der Waals surface area (Å²) in [6.45, 7) is 0. The molecule has 0 unspecified atom stereocenters. The van der Waals surface area contributed by atoms with Crippen molar-refractivity contribution in [1.82, 2.24) is 4.98 Å². The van der Waals surface area contributed by atoms with Crippen molar-refractivity contribution in [3.05, 3.63) is 46.4 Å². The summed E-state index contributed by atoms with van der Waals surface area (Å²) in [4.78, 5) is 15.5. The fourth-order valence-electron chi connectivity index (χ4n) is 1.79. The van der Waals surface area contributed by atoms with E-state index in [0.717, 1.165) is 19.2 Å². The summed E-state index contributed by atoms with van der Waals surface area (Å²) in [7, 11) is 1.14. The first-order valence-electron chi connectivity index (χ1n) is 5.97. The van der Waals surface area contributed by atoms with Gasteiger partial charge in [0.1, 0.15) is 5.82 Å². The van der Waals surface area contributed by atoms with Gasteiger partial charge >= 0.3 is 5.97 Å². The number of alkyl halides is 2. The Kier molecular flexibility index (Phi) is 4.56. The molecule has 2 N–H and O–H groups in total. The minimum Gasteiger partial charge on any atom is -0.464 e. The molecule has 0 spiro atoms. The van der Waals surface area contributed by atoms with E-state index in [1.165, 1.54) is 12.1 Å². The van der Waals surface area contributed by atoms with Crippen molar-refractivity contribution in [2.24, 2.45) is 0 Å². The van der Waals surface area contributed by atoms with Crippen LogP contribution in [0.2, 0.25) is 5.02 Å². The summed E-state index contributed by atoms with van der Waals surface area (Å²) in [6, 6.07) is 4.39. The molecule has 0 saturated carbocycles. The molecule has 0 fully saturated rings. The molecule has 4 nitrogen and oxygen atoms in total. The molecule has 0 aliphatic heterocycles. The average molecular weight is 331 g/mol. The van der Waals surface area contributed by atoms with Crippen molar-refractivity contribution >= 4 is 23.3 Å². The quantitative estimate of drug-likeness (QED) is 0.868. The highest BCUT2D eigenvalue weighted by molar-refractivity contribution is 6.35. The Bertz CT molecular complexity index is 738. The third-order valence-electron chi connectivity index (χ3n) is 2.90. The molecule has 8 heteroatoms. The van der Waals surface area contributed by atoms with Crippen molar-refractivity contribution in [2.75, 3.05) is 12.8 Å². The zero-order valence-corrected chi connectivity index (χ0v) is 12.0. The predicted molar refractivity (Wildman–Crippen MR) is 75.3 cm³/mol. The minimum atomic E-state index is -2.93. The highest BCUT2D eigenvalue weighted by atomic mass is 35.5. The van der Waals surface area contributed by atoms with Gasteiger partial charge in [-0.15, -0.1) is 0 Å². The number of aromatic nitrogens is 1. The lowest BCUT2D eigenvalue weighted by molar-refractivity contribution is 0.0594. The Hall–Kier alpha value is -2.28. The normalized spacial score (nSPS) is 10.8. The SMILES string of the molecule is COC(=O)c1nc(-c2ccc(C(F)F)c(F)c2)cc(N)c1Cl. The number of ether oxygens (including phenoxy) is 1. The fourth-order valence-corrected chi connectivity index (χ4v) is 1.97. The largest absolute Gasteiger partial charge is 0.464 e. The molecule has 0 amide bonds. The van der Waals surface area contributed by atoms with Gasteiger partial charge in [0.25, 0.3) is 6.43 Å². The van der Waals surface area contributed by atoms with E-state index in [0.29, 0.717) is 0 Å². The number of nitrogens with two attached hydrogens (primary N) is 1. The number of hydrogen-bond donors (Lipinski definition) is 1. The fraction of sp³-hybridized carbons (Fsp3) is 0.143. The standard InChI is InChI=1S/C14H10ClF3N2O2/c1-22-14(21)12-11(15)9(19)5-10(20-12)6-2-3-7(13(17)18)8(16)4-6/h2-5,13H,1H3,(H2,19,20). The van der Waals surface area contributed by atoms with Crippen LogP contribution in [0.1, 0.15) is 22.5 Å². The molecule has 2 aromatic rings.